The lowest BCUT2D eigenvalue weighted by Crippen LogP contribution is -2.31. The Morgan fingerprint density at radius 3 is 2.49 bits per heavy atom. The molecule has 0 bridgehead atoms. The molecule has 176 valence electrons. The van der Waals surface area contributed by atoms with Gasteiger partial charge in [-0.2, -0.15) is 10.2 Å². The Hall–Kier alpha value is -4.80. The molecule has 4 heterocycles. The van der Waals surface area contributed by atoms with Gasteiger partial charge in [-0.1, -0.05) is 30.3 Å². The highest BCUT2D eigenvalue weighted by atomic mass is 16.4. The van der Waals surface area contributed by atoms with Crippen LogP contribution in [0.5, 0.6) is 0 Å². The van der Waals surface area contributed by atoms with Crippen molar-refractivity contribution in [1.82, 2.24) is 39.8 Å². The highest BCUT2D eigenvalue weighted by molar-refractivity contribution is 5.90. The molecule has 35 heavy (non-hydrogen) atoms. The van der Waals surface area contributed by atoms with Crippen molar-refractivity contribution in [2.45, 2.75) is 13.0 Å². The van der Waals surface area contributed by atoms with E-state index in [1.54, 1.807) is 28.0 Å². The number of benzene rings is 1. The molecule has 1 aromatic carbocycles. The van der Waals surface area contributed by atoms with Gasteiger partial charge in [-0.25, -0.2) is 15.0 Å². The Labute approximate surface area is 200 Å². The van der Waals surface area contributed by atoms with Gasteiger partial charge < -0.3 is 15.1 Å². The van der Waals surface area contributed by atoms with Gasteiger partial charge in [0.2, 0.25) is 5.95 Å². The Morgan fingerprint density at radius 1 is 1.00 bits per heavy atom. The molecular formula is C24H23N9O2. The van der Waals surface area contributed by atoms with Crippen LogP contribution in [0.3, 0.4) is 0 Å². The van der Waals surface area contributed by atoms with Crippen LogP contribution in [-0.4, -0.2) is 40.4 Å². The number of carbonyl (C=O) groups excluding carboxylic acids is 1. The number of aryl methyl sites for hydroxylation is 3. The minimum atomic E-state index is -0.453. The third-order valence-electron chi connectivity index (χ3n) is 5.54. The fourth-order valence-corrected chi connectivity index (χ4v) is 3.69. The number of aromatic nitrogens is 7. The monoisotopic (exact) mass is 469 g/mol. The predicted molar refractivity (Wildman–Crippen MR) is 128 cm³/mol. The van der Waals surface area contributed by atoms with E-state index in [9.17, 15) is 4.79 Å². The van der Waals surface area contributed by atoms with E-state index in [-0.39, 0.29) is 5.89 Å². The molecular weight excluding hydrogens is 446 g/mol. The summed E-state index contributed by atoms with van der Waals surface area (Å²) in [4.78, 5) is 26.4. The lowest BCUT2D eigenvalue weighted by molar-refractivity contribution is 0.0906. The summed E-state index contributed by atoms with van der Waals surface area (Å²) in [6.45, 7) is 1.87. The van der Waals surface area contributed by atoms with Crippen LogP contribution in [0, 0.1) is 6.92 Å². The summed E-state index contributed by atoms with van der Waals surface area (Å²) in [6, 6.07) is 12.9. The van der Waals surface area contributed by atoms with Crippen molar-refractivity contribution in [3.63, 3.8) is 0 Å². The molecule has 0 spiro atoms. The van der Waals surface area contributed by atoms with Crippen molar-refractivity contribution >= 4 is 17.7 Å². The molecule has 5 rings (SSSR count). The molecule has 0 aliphatic carbocycles. The third-order valence-corrected chi connectivity index (χ3v) is 5.54. The van der Waals surface area contributed by atoms with E-state index >= 15 is 0 Å². The van der Waals surface area contributed by atoms with Crippen LogP contribution in [0.2, 0.25) is 0 Å². The standard InChI is InChI=1S/C24H23N9O2/c1-15-13-25-24(29-19-10-12-27-33(19)3)31-20(15)17-14-35-23(28-17)22(34)30-21(16-7-5-4-6-8-16)18-9-11-26-32(18)2/h4-14,21H,1-3H3,(H,30,34)(H,25,29,31). The van der Waals surface area contributed by atoms with Gasteiger partial charge in [-0.15, -0.1) is 0 Å². The van der Waals surface area contributed by atoms with Crippen molar-refractivity contribution < 1.29 is 9.21 Å². The lowest BCUT2D eigenvalue weighted by Gasteiger charge is -2.18. The summed E-state index contributed by atoms with van der Waals surface area (Å²) in [5, 5.41) is 14.5. The van der Waals surface area contributed by atoms with Crippen LogP contribution < -0.4 is 10.6 Å². The van der Waals surface area contributed by atoms with Gasteiger partial charge in [0, 0.05) is 32.6 Å². The molecule has 5 aromatic rings. The summed E-state index contributed by atoms with van der Waals surface area (Å²) in [7, 11) is 3.64. The molecule has 0 aliphatic heterocycles. The maximum atomic E-state index is 13.1. The second kappa shape index (κ2) is 9.21. The highest BCUT2D eigenvalue weighted by Crippen LogP contribution is 2.24. The minimum absolute atomic E-state index is 0.0674. The SMILES string of the molecule is Cc1cnc(Nc2ccnn2C)nc1-c1coc(C(=O)NC(c2ccccc2)c2ccnn2C)n1. The fourth-order valence-electron chi connectivity index (χ4n) is 3.69. The Bertz CT molecular complexity index is 1470. The largest absolute Gasteiger partial charge is 0.440 e. The first kappa shape index (κ1) is 22.0. The van der Waals surface area contributed by atoms with Crippen LogP contribution in [0.1, 0.15) is 33.5 Å². The van der Waals surface area contributed by atoms with Gasteiger partial charge in [0.15, 0.2) is 0 Å². The highest BCUT2D eigenvalue weighted by Gasteiger charge is 2.24. The molecule has 0 radical (unpaired) electrons. The second-order valence-corrected chi connectivity index (χ2v) is 7.93. The molecule has 11 nitrogen and oxygen atoms in total. The maximum absolute atomic E-state index is 13.1. The Kier molecular flexibility index (Phi) is 5.80. The summed E-state index contributed by atoms with van der Waals surface area (Å²) < 4.78 is 8.94. The summed E-state index contributed by atoms with van der Waals surface area (Å²) in [5.74, 6) is 0.596. The van der Waals surface area contributed by atoms with E-state index in [0.29, 0.717) is 17.3 Å². The number of nitrogens with zero attached hydrogens (tertiary/aromatic N) is 7. The molecule has 2 N–H and O–H groups in total. The zero-order valence-corrected chi connectivity index (χ0v) is 19.4. The van der Waals surface area contributed by atoms with Gasteiger partial charge in [0.05, 0.1) is 17.9 Å². The van der Waals surface area contributed by atoms with E-state index in [4.69, 9.17) is 4.42 Å². The summed E-state index contributed by atoms with van der Waals surface area (Å²) >= 11 is 0. The van der Waals surface area contributed by atoms with E-state index in [0.717, 1.165) is 22.6 Å². The van der Waals surface area contributed by atoms with Gasteiger partial charge in [-0.05, 0) is 24.1 Å². The number of nitrogens with one attached hydrogen (secondary N) is 2. The number of hydrogen-bond acceptors (Lipinski definition) is 8. The van der Waals surface area contributed by atoms with Crippen molar-refractivity contribution in [3.8, 4) is 11.4 Å². The Balaban J connectivity index is 1.40. The first-order chi connectivity index (χ1) is 17.0. The smallest absolute Gasteiger partial charge is 0.307 e. The van der Waals surface area contributed by atoms with Crippen molar-refractivity contribution in [2.24, 2.45) is 14.1 Å². The van der Waals surface area contributed by atoms with Crippen LogP contribution in [-0.2, 0) is 14.1 Å². The number of carbonyl (C=O) groups is 1. The topological polar surface area (TPSA) is 129 Å². The molecule has 1 atom stereocenters. The van der Waals surface area contributed by atoms with Gasteiger partial charge >= 0.3 is 5.91 Å². The number of hydrogen-bond donors (Lipinski definition) is 2. The molecule has 0 aliphatic rings. The van der Waals surface area contributed by atoms with E-state index in [1.165, 1.54) is 6.26 Å². The van der Waals surface area contributed by atoms with Crippen LogP contribution >= 0.6 is 0 Å². The van der Waals surface area contributed by atoms with Gasteiger partial charge in [0.25, 0.3) is 5.89 Å². The van der Waals surface area contributed by atoms with Gasteiger partial charge in [0.1, 0.15) is 23.5 Å². The maximum Gasteiger partial charge on any atom is 0.307 e. The van der Waals surface area contributed by atoms with Crippen LogP contribution in [0.15, 0.2) is 71.7 Å². The quantitative estimate of drug-likeness (QED) is 0.372. The average Bonchev–Trinajstić information content (AvgIpc) is 3.61. The fraction of sp³-hybridized carbons (Fsp3) is 0.167. The molecule has 0 saturated heterocycles. The van der Waals surface area contributed by atoms with Crippen LogP contribution in [0.4, 0.5) is 11.8 Å². The molecule has 1 unspecified atom stereocenters. The first-order valence-corrected chi connectivity index (χ1v) is 10.9. The zero-order valence-electron chi connectivity index (χ0n) is 19.4. The molecule has 0 saturated carbocycles. The normalized spacial score (nSPS) is 11.9. The van der Waals surface area contributed by atoms with Crippen molar-refractivity contribution in [1.29, 1.82) is 0 Å². The second-order valence-electron chi connectivity index (χ2n) is 7.93. The minimum Gasteiger partial charge on any atom is -0.440 e. The first-order valence-electron chi connectivity index (χ1n) is 10.9. The number of anilines is 2. The van der Waals surface area contributed by atoms with E-state index < -0.39 is 11.9 Å². The van der Waals surface area contributed by atoms with E-state index in [1.807, 2.05) is 63.5 Å². The molecule has 0 fully saturated rings. The average molecular weight is 470 g/mol. The molecule has 1 amide bonds. The predicted octanol–water partition coefficient (Wildman–Crippen LogP) is 3.17. The molecule has 4 aromatic heterocycles. The summed E-state index contributed by atoms with van der Waals surface area (Å²) in [6.07, 6.45) is 6.47. The van der Waals surface area contributed by atoms with Crippen LogP contribution in [0.25, 0.3) is 11.4 Å². The molecule has 11 heteroatoms. The number of amides is 1. The van der Waals surface area contributed by atoms with Crippen molar-refractivity contribution in [3.05, 3.63) is 90.0 Å². The number of rotatable bonds is 7. The van der Waals surface area contributed by atoms with Crippen molar-refractivity contribution in [2.75, 3.05) is 5.32 Å². The number of oxazole rings is 1. The van der Waals surface area contributed by atoms with E-state index in [2.05, 4.69) is 35.8 Å². The summed E-state index contributed by atoms with van der Waals surface area (Å²) in [5.41, 5.74) is 3.51. The third kappa shape index (κ3) is 4.51. The van der Waals surface area contributed by atoms with Gasteiger partial charge in [-0.3, -0.25) is 14.2 Å². The Morgan fingerprint density at radius 2 is 1.77 bits per heavy atom. The lowest BCUT2D eigenvalue weighted by atomic mass is 10.0. The zero-order chi connectivity index (χ0) is 24.4.